The van der Waals surface area contributed by atoms with Crippen LogP contribution < -0.4 is 0 Å². The number of halogens is 5. The Kier molecular flexibility index (Phi) is 5.70. The molecule has 0 saturated carbocycles. The second-order valence-corrected chi connectivity index (χ2v) is 9.31. The zero-order valence-electron chi connectivity index (χ0n) is 15.8. The van der Waals surface area contributed by atoms with Crippen LogP contribution in [-0.4, -0.2) is 22.5 Å². The first kappa shape index (κ1) is 22.6. The molecule has 4 aromatic rings. The van der Waals surface area contributed by atoms with E-state index in [0.717, 1.165) is 0 Å². The maximum absolute atomic E-state index is 13.5. The van der Waals surface area contributed by atoms with Crippen molar-refractivity contribution in [2.75, 3.05) is 0 Å². The van der Waals surface area contributed by atoms with E-state index in [-0.39, 0.29) is 37.2 Å². The largest absolute Gasteiger partial charge is 0.417 e. The second-order valence-electron chi connectivity index (χ2n) is 6.73. The second kappa shape index (κ2) is 8.08. The molecular formula is C21H12Cl2F3N2O3S. The highest BCUT2D eigenvalue weighted by Gasteiger charge is 2.34. The lowest BCUT2D eigenvalue weighted by molar-refractivity contribution is -0.137. The SMILES string of the molecule is O=S(=O)(c1ccccc1)n1c(C(O)c2c(Cl)[c]ccc2Cl)cc2ncc(C(F)(F)F)cc21. The van der Waals surface area contributed by atoms with Gasteiger partial charge in [-0.1, -0.05) is 47.5 Å². The van der Waals surface area contributed by atoms with Gasteiger partial charge in [-0.05, 0) is 30.3 Å². The van der Waals surface area contributed by atoms with Gasteiger partial charge < -0.3 is 5.11 Å². The van der Waals surface area contributed by atoms with E-state index in [0.29, 0.717) is 16.2 Å². The van der Waals surface area contributed by atoms with Crippen LogP contribution in [0.5, 0.6) is 0 Å². The normalized spacial score (nSPS) is 13.4. The molecule has 0 aliphatic carbocycles. The third-order valence-corrected chi connectivity index (χ3v) is 7.13. The molecule has 0 bridgehead atoms. The summed E-state index contributed by atoms with van der Waals surface area (Å²) in [7, 11) is -4.44. The minimum atomic E-state index is -4.76. The summed E-state index contributed by atoms with van der Waals surface area (Å²) < 4.78 is 67.5. The van der Waals surface area contributed by atoms with Crippen LogP contribution in [0.2, 0.25) is 10.0 Å². The van der Waals surface area contributed by atoms with Crippen LogP contribution in [0.4, 0.5) is 13.2 Å². The molecule has 11 heteroatoms. The van der Waals surface area contributed by atoms with E-state index in [1.807, 2.05) is 0 Å². The summed E-state index contributed by atoms with van der Waals surface area (Å²) in [6.07, 6.45) is -5.87. The maximum atomic E-state index is 13.5. The van der Waals surface area contributed by atoms with E-state index < -0.39 is 27.9 Å². The molecule has 1 radical (unpaired) electrons. The summed E-state index contributed by atoms with van der Waals surface area (Å²) >= 11 is 12.3. The standard InChI is InChI=1S/C21H12Cl2F3N2O3S/c22-14-7-4-8-15(23)19(14)20(29)18-10-16-17(9-12(11-27-16)21(24,25)26)28(18)32(30,31)13-5-2-1-3-6-13/h1-7,9-11,20,29H. The average Bonchev–Trinajstić information content (AvgIpc) is 3.13. The lowest BCUT2D eigenvalue weighted by atomic mass is 10.1. The van der Waals surface area contributed by atoms with Crippen LogP contribution in [0.15, 0.2) is 65.7 Å². The lowest BCUT2D eigenvalue weighted by Crippen LogP contribution is -2.19. The number of aliphatic hydroxyl groups excluding tert-OH is 1. The zero-order valence-corrected chi connectivity index (χ0v) is 18.1. The third-order valence-electron chi connectivity index (χ3n) is 4.73. The minimum Gasteiger partial charge on any atom is -0.382 e. The smallest absolute Gasteiger partial charge is 0.382 e. The Labute approximate surface area is 190 Å². The highest BCUT2D eigenvalue weighted by Crippen LogP contribution is 2.38. The number of rotatable bonds is 4. The van der Waals surface area contributed by atoms with Gasteiger partial charge in [0.15, 0.2) is 0 Å². The molecule has 2 aromatic carbocycles. The Balaban J connectivity index is 2.07. The van der Waals surface area contributed by atoms with E-state index >= 15 is 0 Å². The Morgan fingerprint density at radius 1 is 1.09 bits per heavy atom. The van der Waals surface area contributed by atoms with Crippen LogP contribution in [0, 0.1) is 6.07 Å². The van der Waals surface area contributed by atoms with E-state index in [9.17, 15) is 26.7 Å². The molecule has 0 saturated heterocycles. The van der Waals surface area contributed by atoms with Crippen molar-refractivity contribution in [2.45, 2.75) is 17.2 Å². The fourth-order valence-electron chi connectivity index (χ4n) is 3.25. The van der Waals surface area contributed by atoms with Crippen molar-refractivity contribution in [3.63, 3.8) is 0 Å². The van der Waals surface area contributed by atoms with Gasteiger partial charge in [0, 0.05) is 22.8 Å². The molecular weight excluding hydrogens is 488 g/mol. The van der Waals surface area contributed by atoms with Gasteiger partial charge >= 0.3 is 6.18 Å². The molecule has 0 spiro atoms. The first-order chi connectivity index (χ1) is 15.0. The van der Waals surface area contributed by atoms with Gasteiger partial charge in [0.25, 0.3) is 10.0 Å². The van der Waals surface area contributed by atoms with Crippen molar-refractivity contribution >= 4 is 44.3 Å². The number of aliphatic hydroxyl groups is 1. The molecule has 0 amide bonds. The van der Waals surface area contributed by atoms with Gasteiger partial charge in [-0.3, -0.25) is 4.98 Å². The lowest BCUT2D eigenvalue weighted by Gasteiger charge is -2.18. The van der Waals surface area contributed by atoms with Crippen LogP contribution >= 0.6 is 23.2 Å². The molecule has 5 nitrogen and oxygen atoms in total. The van der Waals surface area contributed by atoms with Crippen molar-refractivity contribution in [3.8, 4) is 0 Å². The summed E-state index contributed by atoms with van der Waals surface area (Å²) in [5.41, 5.74) is -1.89. The summed E-state index contributed by atoms with van der Waals surface area (Å²) in [6, 6.07) is 14.4. The summed E-state index contributed by atoms with van der Waals surface area (Å²) in [5.74, 6) is 0. The molecule has 0 aliphatic heterocycles. The number of hydrogen-bond acceptors (Lipinski definition) is 4. The first-order valence-electron chi connectivity index (χ1n) is 8.94. The van der Waals surface area contributed by atoms with Crippen LogP contribution in [-0.2, 0) is 16.2 Å². The number of pyridine rings is 1. The van der Waals surface area contributed by atoms with E-state index in [4.69, 9.17) is 23.2 Å². The van der Waals surface area contributed by atoms with Crippen molar-refractivity contribution in [2.24, 2.45) is 0 Å². The maximum Gasteiger partial charge on any atom is 0.417 e. The van der Waals surface area contributed by atoms with E-state index in [1.54, 1.807) is 6.07 Å². The van der Waals surface area contributed by atoms with Gasteiger partial charge in [-0.15, -0.1) is 0 Å². The fraction of sp³-hybridized carbons (Fsp3) is 0.0952. The van der Waals surface area contributed by atoms with Crippen molar-refractivity contribution in [1.29, 1.82) is 0 Å². The van der Waals surface area contributed by atoms with Crippen LogP contribution in [0.3, 0.4) is 0 Å². The monoisotopic (exact) mass is 499 g/mol. The third kappa shape index (κ3) is 3.86. The van der Waals surface area contributed by atoms with Crippen molar-refractivity contribution in [1.82, 2.24) is 8.96 Å². The predicted octanol–water partition coefficient (Wildman–Crippen LogP) is 5.48. The van der Waals surface area contributed by atoms with Crippen molar-refractivity contribution in [3.05, 3.63) is 93.7 Å². The fourth-order valence-corrected chi connectivity index (χ4v) is 5.37. The zero-order chi connectivity index (χ0) is 23.3. The molecule has 2 heterocycles. The molecule has 2 aromatic heterocycles. The molecule has 165 valence electrons. The number of benzene rings is 2. The Hall–Kier alpha value is -2.59. The number of aromatic nitrogens is 2. The molecule has 1 unspecified atom stereocenters. The Morgan fingerprint density at radius 2 is 1.78 bits per heavy atom. The molecule has 0 fully saturated rings. The molecule has 4 rings (SSSR count). The number of nitrogens with zero attached hydrogens (tertiary/aromatic N) is 2. The molecule has 1 N–H and O–H groups in total. The van der Waals surface area contributed by atoms with Gasteiger partial charge in [-0.25, -0.2) is 12.4 Å². The van der Waals surface area contributed by atoms with Gasteiger partial charge in [0.1, 0.15) is 6.10 Å². The van der Waals surface area contributed by atoms with E-state index in [1.165, 1.54) is 42.5 Å². The predicted molar refractivity (Wildman–Crippen MR) is 113 cm³/mol. The number of hydrogen-bond donors (Lipinski definition) is 1. The van der Waals surface area contributed by atoms with E-state index in [2.05, 4.69) is 11.1 Å². The highest BCUT2D eigenvalue weighted by molar-refractivity contribution is 7.90. The Morgan fingerprint density at radius 3 is 2.41 bits per heavy atom. The Bertz CT molecular complexity index is 1400. The summed E-state index contributed by atoms with van der Waals surface area (Å²) in [5, 5.41) is 11.0. The number of alkyl halides is 3. The molecule has 0 aliphatic rings. The summed E-state index contributed by atoms with van der Waals surface area (Å²) in [4.78, 5) is 3.57. The average molecular weight is 500 g/mol. The van der Waals surface area contributed by atoms with Crippen LogP contribution in [0.1, 0.15) is 22.9 Å². The van der Waals surface area contributed by atoms with Crippen LogP contribution in [0.25, 0.3) is 11.0 Å². The minimum absolute atomic E-state index is 0.0269. The van der Waals surface area contributed by atoms with Crippen molar-refractivity contribution < 1.29 is 26.7 Å². The van der Waals surface area contributed by atoms with Gasteiger partial charge in [0.2, 0.25) is 0 Å². The highest BCUT2D eigenvalue weighted by atomic mass is 35.5. The first-order valence-corrected chi connectivity index (χ1v) is 11.1. The number of fused-ring (bicyclic) bond motifs is 1. The molecule has 32 heavy (non-hydrogen) atoms. The van der Waals surface area contributed by atoms with Gasteiger partial charge in [-0.2, -0.15) is 13.2 Å². The topological polar surface area (TPSA) is 72.2 Å². The molecule has 1 atom stereocenters. The summed E-state index contributed by atoms with van der Waals surface area (Å²) in [6.45, 7) is 0. The van der Waals surface area contributed by atoms with Gasteiger partial charge in [0.05, 0.1) is 32.2 Å². The quantitative estimate of drug-likeness (QED) is 0.403.